The van der Waals surface area contributed by atoms with Crippen molar-refractivity contribution in [3.8, 4) is 0 Å². The van der Waals surface area contributed by atoms with E-state index in [2.05, 4.69) is 35.6 Å². The maximum atomic E-state index is 7.24. The third-order valence-electron chi connectivity index (χ3n) is 2.95. The van der Waals surface area contributed by atoms with Gasteiger partial charge in [0.25, 0.3) is 0 Å². The number of hydrogen-bond acceptors (Lipinski definition) is 5. The molecular formula is C14H30N4O2. The quantitative estimate of drug-likeness (QED) is 0.284. The van der Waals surface area contributed by atoms with Gasteiger partial charge < -0.3 is 19.7 Å². The standard InChI is InChI=1S/C14H30N4O2/c1-6-18(7-8-19-4)9-12(2)14(16-11-15)17-13(3)10-20-5/h9,11,13-14,17H,6-8,10H2,1-5H3,(H2,15,16)/b12-9+/t13-,14?/m1/s1. The van der Waals surface area contributed by atoms with Crippen molar-refractivity contribution in [2.45, 2.75) is 33.0 Å². The molecular weight excluding hydrogens is 256 g/mol. The molecule has 0 amide bonds. The van der Waals surface area contributed by atoms with Gasteiger partial charge in [-0.15, -0.1) is 0 Å². The van der Waals surface area contributed by atoms with Gasteiger partial charge in [0.15, 0.2) is 0 Å². The lowest BCUT2D eigenvalue weighted by Gasteiger charge is -2.26. The first kappa shape index (κ1) is 18.9. The van der Waals surface area contributed by atoms with E-state index in [9.17, 15) is 0 Å². The Morgan fingerprint density at radius 3 is 2.55 bits per heavy atom. The number of nitrogens with zero attached hydrogens (tertiary/aromatic N) is 1. The maximum absolute atomic E-state index is 7.24. The van der Waals surface area contributed by atoms with E-state index in [1.165, 1.54) is 6.34 Å². The number of ether oxygens (including phenoxy) is 2. The lowest BCUT2D eigenvalue weighted by molar-refractivity contribution is 0.166. The topological polar surface area (TPSA) is 69.6 Å². The summed E-state index contributed by atoms with van der Waals surface area (Å²) < 4.78 is 10.2. The van der Waals surface area contributed by atoms with E-state index in [1.807, 2.05) is 6.92 Å². The predicted molar refractivity (Wildman–Crippen MR) is 83.1 cm³/mol. The Bertz CT molecular complexity index is 284. The van der Waals surface area contributed by atoms with Crippen LogP contribution < -0.4 is 10.6 Å². The second-order valence-corrected chi connectivity index (χ2v) is 4.76. The van der Waals surface area contributed by atoms with E-state index >= 15 is 0 Å². The highest BCUT2D eigenvalue weighted by Gasteiger charge is 2.13. The third-order valence-corrected chi connectivity index (χ3v) is 2.95. The van der Waals surface area contributed by atoms with E-state index in [-0.39, 0.29) is 12.2 Å². The van der Waals surface area contributed by atoms with Crippen LogP contribution in [-0.2, 0) is 9.47 Å². The van der Waals surface area contributed by atoms with E-state index < -0.39 is 0 Å². The van der Waals surface area contributed by atoms with Crippen LogP contribution in [0.1, 0.15) is 20.8 Å². The molecule has 3 N–H and O–H groups in total. The number of nitrogens with one attached hydrogen (secondary N) is 3. The third kappa shape index (κ3) is 8.14. The Morgan fingerprint density at radius 1 is 1.35 bits per heavy atom. The first-order valence-corrected chi connectivity index (χ1v) is 7.00. The van der Waals surface area contributed by atoms with E-state index in [0.29, 0.717) is 13.2 Å². The SMILES string of the molecule is CCN(/C=C(\C)C(NC=N)N[C@H](C)COC)CCOC. The first-order valence-electron chi connectivity index (χ1n) is 7.00. The van der Waals surface area contributed by atoms with Crippen molar-refractivity contribution in [1.82, 2.24) is 15.5 Å². The van der Waals surface area contributed by atoms with Crippen LogP contribution in [0.25, 0.3) is 0 Å². The van der Waals surface area contributed by atoms with Crippen LogP contribution in [-0.4, -0.2) is 64.0 Å². The summed E-state index contributed by atoms with van der Waals surface area (Å²) in [5.41, 5.74) is 1.12. The lowest BCUT2D eigenvalue weighted by atomic mass is 10.2. The molecule has 2 atom stereocenters. The Balaban J connectivity index is 4.65. The van der Waals surface area contributed by atoms with E-state index in [0.717, 1.165) is 18.7 Å². The molecule has 0 aliphatic heterocycles. The van der Waals surface area contributed by atoms with Crippen molar-refractivity contribution >= 4 is 6.34 Å². The minimum Gasteiger partial charge on any atom is -0.383 e. The largest absolute Gasteiger partial charge is 0.383 e. The first-order chi connectivity index (χ1) is 9.58. The molecule has 0 saturated carbocycles. The molecule has 0 aliphatic carbocycles. The van der Waals surface area contributed by atoms with Crippen LogP contribution in [0.4, 0.5) is 0 Å². The molecule has 0 spiro atoms. The van der Waals surface area contributed by atoms with E-state index in [4.69, 9.17) is 14.9 Å². The number of likely N-dealkylation sites (N-methyl/N-ethyl adjacent to an activating group) is 1. The molecule has 6 nitrogen and oxygen atoms in total. The lowest BCUT2D eigenvalue weighted by Crippen LogP contribution is -2.48. The molecule has 0 aromatic heterocycles. The van der Waals surface area contributed by atoms with Gasteiger partial charge in [0, 0.05) is 39.6 Å². The van der Waals surface area contributed by atoms with Gasteiger partial charge in [0.05, 0.1) is 19.6 Å². The fourth-order valence-corrected chi connectivity index (χ4v) is 1.86. The van der Waals surface area contributed by atoms with Crippen LogP contribution in [0, 0.1) is 5.41 Å². The second kappa shape index (κ2) is 11.7. The number of hydrogen-bond donors (Lipinski definition) is 3. The van der Waals surface area contributed by atoms with Gasteiger partial charge in [-0.05, 0) is 26.3 Å². The Morgan fingerprint density at radius 2 is 2.05 bits per heavy atom. The molecule has 0 rings (SSSR count). The summed E-state index contributed by atoms with van der Waals surface area (Å²) in [6.45, 7) is 9.32. The van der Waals surface area contributed by atoms with Crippen molar-refractivity contribution in [2.75, 3.05) is 40.5 Å². The number of rotatable bonds is 12. The van der Waals surface area contributed by atoms with Crippen molar-refractivity contribution in [2.24, 2.45) is 0 Å². The Labute approximate surface area is 123 Å². The average molecular weight is 286 g/mol. The summed E-state index contributed by atoms with van der Waals surface area (Å²) in [7, 11) is 3.39. The fraction of sp³-hybridized carbons (Fsp3) is 0.786. The van der Waals surface area contributed by atoms with Crippen molar-refractivity contribution in [1.29, 1.82) is 5.41 Å². The van der Waals surface area contributed by atoms with Crippen LogP contribution in [0.2, 0.25) is 0 Å². The van der Waals surface area contributed by atoms with Gasteiger partial charge in [-0.3, -0.25) is 10.7 Å². The van der Waals surface area contributed by atoms with Gasteiger partial charge in [0.2, 0.25) is 0 Å². The highest BCUT2D eigenvalue weighted by molar-refractivity contribution is 5.51. The summed E-state index contributed by atoms with van der Waals surface area (Å²) in [5.74, 6) is 0. The van der Waals surface area contributed by atoms with Crippen molar-refractivity contribution < 1.29 is 9.47 Å². The zero-order chi connectivity index (χ0) is 15.4. The average Bonchev–Trinajstić information content (AvgIpc) is 2.43. The monoisotopic (exact) mass is 286 g/mol. The minimum atomic E-state index is -0.0748. The Kier molecular flexibility index (Phi) is 11.0. The predicted octanol–water partition coefficient (Wildman–Crippen LogP) is 1.01. The van der Waals surface area contributed by atoms with Gasteiger partial charge >= 0.3 is 0 Å². The van der Waals surface area contributed by atoms with Crippen LogP contribution in [0.5, 0.6) is 0 Å². The molecule has 0 aliphatic rings. The molecule has 20 heavy (non-hydrogen) atoms. The normalized spacial score (nSPS) is 14.8. The van der Waals surface area contributed by atoms with Crippen molar-refractivity contribution in [3.63, 3.8) is 0 Å². The molecule has 0 heterocycles. The molecule has 0 fully saturated rings. The molecule has 6 heteroatoms. The number of methoxy groups -OCH3 is 2. The minimum absolute atomic E-state index is 0.0748. The summed E-state index contributed by atoms with van der Waals surface area (Å²) in [5, 5.41) is 13.6. The van der Waals surface area contributed by atoms with Crippen molar-refractivity contribution in [3.05, 3.63) is 11.8 Å². The van der Waals surface area contributed by atoms with E-state index in [1.54, 1.807) is 14.2 Å². The van der Waals surface area contributed by atoms with Gasteiger partial charge in [-0.1, -0.05) is 0 Å². The molecule has 118 valence electrons. The summed E-state index contributed by atoms with van der Waals surface area (Å²) in [6.07, 6.45) is 3.24. The maximum Gasteiger partial charge on any atom is 0.101 e. The van der Waals surface area contributed by atoms with Gasteiger partial charge in [-0.2, -0.15) is 0 Å². The smallest absolute Gasteiger partial charge is 0.101 e. The van der Waals surface area contributed by atoms with Gasteiger partial charge in [0.1, 0.15) is 6.17 Å². The molecule has 1 unspecified atom stereocenters. The summed E-state index contributed by atoms with van der Waals surface area (Å²) in [6, 6.07) is 0.204. The van der Waals surface area contributed by atoms with Crippen LogP contribution >= 0.6 is 0 Å². The fourth-order valence-electron chi connectivity index (χ4n) is 1.86. The van der Waals surface area contributed by atoms with Crippen LogP contribution in [0.15, 0.2) is 11.8 Å². The summed E-state index contributed by atoms with van der Waals surface area (Å²) >= 11 is 0. The van der Waals surface area contributed by atoms with Crippen LogP contribution in [0.3, 0.4) is 0 Å². The second-order valence-electron chi connectivity index (χ2n) is 4.76. The Hall–Kier alpha value is -1.11. The molecule has 0 saturated heterocycles. The molecule has 0 radical (unpaired) electrons. The zero-order valence-corrected chi connectivity index (χ0v) is 13.4. The summed E-state index contributed by atoms with van der Waals surface area (Å²) in [4.78, 5) is 2.19. The molecule has 0 aromatic rings. The molecule has 0 bridgehead atoms. The highest BCUT2D eigenvalue weighted by Crippen LogP contribution is 2.03. The molecule has 0 aromatic carbocycles. The van der Waals surface area contributed by atoms with Gasteiger partial charge in [-0.25, -0.2) is 0 Å². The zero-order valence-electron chi connectivity index (χ0n) is 13.4. The highest BCUT2D eigenvalue weighted by atomic mass is 16.5.